The predicted octanol–water partition coefficient (Wildman–Crippen LogP) is 1.08. The molecule has 0 unspecified atom stereocenters. The van der Waals surface area contributed by atoms with E-state index in [-0.39, 0.29) is 5.97 Å². The second kappa shape index (κ2) is 4.60. The molecule has 0 fully saturated rings. The van der Waals surface area contributed by atoms with Gasteiger partial charge < -0.3 is 10.5 Å². The number of nitrogens with zero attached hydrogens (tertiary/aromatic N) is 1. The van der Waals surface area contributed by atoms with E-state index >= 15 is 0 Å². The Bertz CT molecular complexity index is 337. The van der Waals surface area contributed by atoms with E-state index in [1.54, 1.807) is 6.07 Å². The molecule has 0 spiro atoms. The zero-order valence-corrected chi connectivity index (χ0v) is 8.41. The van der Waals surface area contributed by atoms with Crippen molar-refractivity contribution in [1.82, 2.24) is 4.98 Å². The third-order valence-electron chi connectivity index (χ3n) is 2.04. The molecule has 4 heteroatoms. The molecule has 0 aliphatic carbocycles. The molecule has 1 heterocycles. The molecule has 14 heavy (non-hydrogen) atoms. The smallest absolute Gasteiger partial charge is 0.305 e. The molecule has 1 aromatic heterocycles. The lowest BCUT2D eigenvalue weighted by Gasteiger charge is -2.04. The molecule has 1 rings (SSSR count). The Morgan fingerprint density at radius 1 is 1.57 bits per heavy atom. The minimum Gasteiger partial charge on any atom is -0.469 e. The molecule has 0 atom stereocenters. The van der Waals surface area contributed by atoms with Crippen molar-refractivity contribution in [2.75, 3.05) is 12.8 Å². The number of rotatable bonds is 3. The third-order valence-corrected chi connectivity index (χ3v) is 2.04. The van der Waals surface area contributed by atoms with Crippen molar-refractivity contribution in [2.24, 2.45) is 0 Å². The van der Waals surface area contributed by atoms with Crippen molar-refractivity contribution < 1.29 is 9.53 Å². The van der Waals surface area contributed by atoms with Crippen LogP contribution in [-0.4, -0.2) is 18.1 Å². The Labute approximate surface area is 83.1 Å². The van der Waals surface area contributed by atoms with Gasteiger partial charge in [0.25, 0.3) is 0 Å². The maximum absolute atomic E-state index is 10.9. The topological polar surface area (TPSA) is 65.2 Å². The van der Waals surface area contributed by atoms with Gasteiger partial charge >= 0.3 is 5.97 Å². The van der Waals surface area contributed by atoms with Crippen LogP contribution in [0.25, 0.3) is 0 Å². The van der Waals surface area contributed by atoms with E-state index in [1.165, 1.54) is 7.11 Å². The highest BCUT2D eigenvalue weighted by molar-refractivity contribution is 5.69. The summed E-state index contributed by atoms with van der Waals surface area (Å²) in [5.41, 5.74) is 7.41. The molecule has 0 aliphatic rings. The lowest BCUT2D eigenvalue weighted by molar-refractivity contribution is -0.140. The highest BCUT2D eigenvalue weighted by Gasteiger charge is 2.04. The molecule has 0 saturated carbocycles. The van der Waals surface area contributed by atoms with Gasteiger partial charge in [0.15, 0.2) is 0 Å². The normalized spacial score (nSPS) is 9.86. The van der Waals surface area contributed by atoms with E-state index in [1.807, 2.05) is 13.0 Å². The second-order valence-corrected chi connectivity index (χ2v) is 3.06. The number of nitrogens with two attached hydrogens (primary N) is 1. The maximum Gasteiger partial charge on any atom is 0.305 e. The van der Waals surface area contributed by atoms with E-state index in [0.29, 0.717) is 18.7 Å². The van der Waals surface area contributed by atoms with Crippen LogP contribution in [0.5, 0.6) is 0 Å². The summed E-state index contributed by atoms with van der Waals surface area (Å²) in [6.45, 7) is 1.88. The summed E-state index contributed by atoms with van der Waals surface area (Å²) < 4.78 is 4.55. The summed E-state index contributed by atoms with van der Waals surface area (Å²) in [7, 11) is 1.39. The van der Waals surface area contributed by atoms with Crippen molar-refractivity contribution in [3.63, 3.8) is 0 Å². The number of esters is 1. The predicted molar refractivity (Wildman–Crippen MR) is 53.7 cm³/mol. The summed E-state index contributed by atoms with van der Waals surface area (Å²) in [5.74, 6) is 0.297. The molecule has 0 amide bonds. The van der Waals surface area contributed by atoms with Crippen LogP contribution in [0.4, 0.5) is 5.82 Å². The Hall–Kier alpha value is -1.58. The van der Waals surface area contributed by atoms with E-state index < -0.39 is 0 Å². The van der Waals surface area contributed by atoms with Crippen LogP contribution < -0.4 is 5.73 Å². The van der Waals surface area contributed by atoms with Crippen LogP contribution in [-0.2, 0) is 16.0 Å². The maximum atomic E-state index is 10.9. The van der Waals surface area contributed by atoms with Crippen LogP contribution in [0.3, 0.4) is 0 Å². The van der Waals surface area contributed by atoms with Crippen LogP contribution in [0, 0.1) is 6.92 Å². The number of anilines is 1. The Kier molecular flexibility index (Phi) is 3.45. The van der Waals surface area contributed by atoms with Crippen molar-refractivity contribution in [1.29, 1.82) is 0 Å². The molecule has 2 N–H and O–H groups in total. The largest absolute Gasteiger partial charge is 0.469 e. The Morgan fingerprint density at radius 2 is 2.29 bits per heavy atom. The highest BCUT2D eigenvalue weighted by Crippen LogP contribution is 2.10. The Morgan fingerprint density at radius 3 is 2.86 bits per heavy atom. The Balaban J connectivity index is 2.63. The summed E-state index contributed by atoms with van der Waals surface area (Å²) in [5, 5.41) is 0. The number of ether oxygens (including phenoxy) is 1. The summed E-state index contributed by atoms with van der Waals surface area (Å²) >= 11 is 0. The van der Waals surface area contributed by atoms with Gasteiger partial charge in [-0.05, 0) is 25.0 Å². The number of nitrogen functional groups attached to an aromatic ring is 1. The lowest BCUT2D eigenvalue weighted by atomic mass is 10.1. The molecule has 76 valence electrons. The SMILES string of the molecule is COC(=O)CCc1ccc(N)nc1C. The van der Waals surface area contributed by atoms with E-state index in [2.05, 4.69) is 9.72 Å². The molecule has 0 saturated heterocycles. The van der Waals surface area contributed by atoms with Gasteiger partial charge in [-0.25, -0.2) is 4.98 Å². The number of carbonyl (C=O) groups excluding carboxylic acids is 1. The van der Waals surface area contributed by atoms with Crippen molar-refractivity contribution in [3.8, 4) is 0 Å². The summed E-state index contributed by atoms with van der Waals surface area (Å²) in [6, 6.07) is 3.63. The van der Waals surface area contributed by atoms with Crippen LogP contribution in [0.1, 0.15) is 17.7 Å². The lowest BCUT2D eigenvalue weighted by Crippen LogP contribution is -2.04. The fourth-order valence-corrected chi connectivity index (χ4v) is 1.21. The van der Waals surface area contributed by atoms with Crippen LogP contribution in [0.2, 0.25) is 0 Å². The standard InChI is InChI=1S/C10H14N2O2/c1-7-8(3-5-9(11)12-7)4-6-10(13)14-2/h3,5H,4,6H2,1-2H3,(H2,11,12). The second-order valence-electron chi connectivity index (χ2n) is 3.06. The molecule has 4 nitrogen and oxygen atoms in total. The van der Waals surface area contributed by atoms with Gasteiger partial charge in [0.1, 0.15) is 5.82 Å². The fraction of sp³-hybridized carbons (Fsp3) is 0.400. The van der Waals surface area contributed by atoms with Crippen LogP contribution >= 0.6 is 0 Å². The van der Waals surface area contributed by atoms with E-state index in [0.717, 1.165) is 11.3 Å². The highest BCUT2D eigenvalue weighted by atomic mass is 16.5. The monoisotopic (exact) mass is 194 g/mol. The minimum atomic E-state index is -0.207. The van der Waals surface area contributed by atoms with Gasteiger partial charge in [0.2, 0.25) is 0 Å². The number of hydrogen-bond acceptors (Lipinski definition) is 4. The number of pyridine rings is 1. The fourth-order valence-electron chi connectivity index (χ4n) is 1.21. The molecular weight excluding hydrogens is 180 g/mol. The zero-order valence-electron chi connectivity index (χ0n) is 8.41. The number of carbonyl (C=O) groups is 1. The van der Waals surface area contributed by atoms with Crippen molar-refractivity contribution in [3.05, 3.63) is 23.4 Å². The average Bonchev–Trinajstić information content (AvgIpc) is 2.16. The minimum absolute atomic E-state index is 0.207. The van der Waals surface area contributed by atoms with Gasteiger partial charge in [0.05, 0.1) is 7.11 Å². The molecule has 0 aromatic carbocycles. The molecule has 0 radical (unpaired) electrons. The van der Waals surface area contributed by atoms with Gasteiger partial charge in [-0.2, -0.15) is 0 Å². The van der Waals surface area contributed by atoms with Gasteiger partial charge in [-0.1, -0.05) is 6.07 Å². The average molecular weight is 194 g/mol. The third kappa shape index (κ3) is 2.73. The molecule has 0 bridgehead atoms. The van der Waals surface area contributed by atoms with Crippen molar-refractivity contribution in [2.45, 2.75) is 19.8 Å². The number of methoxy groups -OCH3 is 1. The molecule has 1 aromatic rings. The molecule has 0 aliphatic heterocycles. The van der Waals surface area contributed by atoms with Crippen LogP contribution in [0.15, 0.2) is 12.1 Å². The first-order valence-corrected chi connectivity index (χ1v) is 4.42. The van der Waals surface area contributed by atoms with E-state index in [9.17, 15) is 4.79 Å². The first kappa shape index (κ1) is 10.5. The number of aromatic nitrogens is 1. The quantitative estimate of drug-likeness (QED) is 0.731. The van der Waals surface area contributed by atoms with Crippen molar-refractivity contribution >= 4 is 11.8 Å². The summed E-state index contributed by atoms with van der Waals surface area (Å²) in [6.07, 6.45) is 1.02. The van der Waals surface area contributed by atoms with Gasteiger partial charge in [0, 0.05) is 12.1 Å². The van der Waals surface area contributed by atoms with E-state index in [4.69, 9.17) is 5.73 Å². The zero-order chi connectivity index (χ0) is 10.6. The number of aryl methyl sites for hydroxylation is 2. The summed E-state index contributed by atoms with van der Waals surface area (Å²) in [4.78, 5) is 15.0. The number of hydrogen-bond donors (Lipinski definition) is 1. The first-order valence-electron chi connectivity index (χ1n) is 4.42. The first-order chi connectivity index (χ1) is 6.63. The van der Waals surface area contributed by atoms with Gasteiger partial charge in [-0.15, -0.1) is 0 Å². The molecular formula is C10H14N2O2. The van der Waals surface area contributed by atoms with Gasteiger partial charge in [-0.3, -0.25) is 4.79 Å².